The number of hydrogen-bond donors (Lipinski definition) is 2. The van der Waals surface area contributed by atoms with E-state index < -0.39 is 5.97 Å². The van der Waals surface area contributed by atoms with E-state index in [1.54, 1.807) is 14.0 Å². The van der Waals surface area contributed by atoms with Gasteiger partial charge in [-0.05, 0) is 5.92 Å². The van der Waals surface area contributed by atoms with Crippen molar-refractivity contribution in [3.05, 3.63) is 0 Å². The summed E-state index contributed by atoms with van der Waals surface area (Å²) in [5.41, 5.74) is 0. The van der Waals surface area contributed by atoms with Crippen molar-refractivity contribution in [3.63, 3.8) is 0 Å². The molecule has 1 saturated heterocycles. The Morgan fingerprint density at radius 1 is 1.59 bits per heavy atom. The number of nitrogens with one attached hydrogen (secondary N) is 1. The Kier molecular flexibility index (Phi) is 4.48. The van der Waals surface area contributed by atoms with Crippen LogP contribution < -0.4 is 5.32 Å². The van der Waals surface area contributed by atoms with E-state index in [9.17, 15) is 14.4 Å². The van der Waals surface area contributed by atoms with Crippen LogP contribution in [0.3, 0.4) is 0 Å². The molecule has 1 rings (SSSR count). The number of hydrogen-bond acceptors (Lipinski definition) is 3. The number of carbonyl (C=O) groups excluding carboxylic acids is 2. The third-order valence-corrected chi connectivity index (χ3v) is 2.86. The van der Waals surface area contributed by atoms with Gasteiger partial charge in [-0.1, -0.05) is 6.92 Å². The van der Waals surface area contributed by atoms with Crippen molar-refractivity contribution in [2.75, 3.05) is 20.1 Å². The molecule has 0 saturated carbocycles. The lowest BCUT2D eigenvalue weighted by molar-refractivity contribution is -0.138. The smallest absolute Gasteiger partial charge is 0.303 e. The molecule has 0 radical (unpaired) electrons. The fraction of sp³-hybridized carbons (Fsp3) is 0.727. The van der Waals surface area contributed by atoms with E-state index in [1.807, 2.05) is 0 Å². The maximum Gasteiger partial charge on any atom is 0.303 e. The standard InChI is InChI=1S/C11H18N2O4/c1-7(3-10(15)16)5-12-11(17)8-4-9(14)13(2)6-8/h7-8H,3-6H2,1-2H3,(H,12,17)(H,15,16). The summed E-state index contributed by atoms with van der Waals surface area (Å²) in [6.45, 7) is 2.54. The van der Waals surface area contributed by atoms with Gasteiger partial charge in [0.05, 0.1) is 5.92 Å². The summed E-state index contributed by atoms with van der Waals surface area (Å²) < 4.78 is 0. The molecule has 17 heavy (non-hydrogen) atoms. The van der Waals surface area contributed by atoms with Crippen LogP contribution in [-0.2, 0) is 14.4 Å². The van der Waals surface area contributed by atoms with Crippen LogP contribution in [-0.4, -0.2) is 47.9 Å². The Morgan fingerprint density at radius 3 is 2.71 bits per heavy atom. The molecule has 1 aliphatic heterocycles. The van der Waals surface area contributed by atoms with Gasteiger partial charge >= 0.3 is 5.97 Å². The van der Waals surface area contributed by atoms with Crippen LogP contribution >= 0.6 is 0 Å². The number of aliphatic carboxylic acids is 1. The minimum atomic E-state index is -0.873. The molecule has 96 valence electrons. The minimum Gasteiger partial charge on any atom is -0.481 e. The van der Waals surface area contributed by atoms with E-state index in [-0.39, 0.29) is 36.5 Å². The lowest BCUT2D eigenvalue weighted by atomic mass is 10.1. The van der Waals surface area contributed by atoms with Gasteiger partial charge in [0.2, 0.25) is 11.8 Å². The maximum atomic E-state index is 11.7. The van der Waals surface area contributed by atoms with Crippen LogP contribution in [0.2, 0.25) is 0 Å². The van der Waals surface area contributed by atoms with E-state index in [2.05, 4.69) is 5.32 Å². The molecule has 2 atom stereocenters. The van der Waals surface area contributed by atoms with Gasteiger partial charge in [0.1, 0.15) is 0 Å². The largest absolute Gasteiger partial charge is 0.481 e. The molecular weight excluding hydrogens is 224 g/mol. The first-order valence-electron chi connectivity index (χ1n) is 5.63. The summed E-state index contributed by atoms with van der Waals surface area (Å²) >= 11 is 0. The molecule has 6 nitrogen and oxygen atoms in total. The highest BCUT2D eigenvalue weighted by atomic mass is 16.4. The quantitative estimate of drug-likeness (QED) is 0.692. The third kappa shape index (κ3) is 4.05. The zero-order valence-electron chi connectivity index (χ0n) is 10.1. The molecule has 2 amide bonds. The van der Waals surface area contributed by atoms with Gasteiger partial charge in [-0.2, -0.15) is 0 Å². The highest BCUT2D eigenvalue weighted by Crippen LogP contribution is 2.15. The molecule has 6 heteroatoms. The fourth-order valence-electron chi connectivity index (χ4n) is 1.83. The number of likely N-dealkylation sites (tertiary alicyclic amines) is 1. The molecule has 0 aliphatic carbocycles. The van der Waals surface area contributed by atoms with Crippen LogP contribution in [0.25, 0.3) is 0 Å². The third-order valence-electron chi connectivity index (χ3n) is 2.86. The zero-order valence-corrected chi connectivity index (χ0v) is 10.1. The number of carbonyl (C=O) groups is 3. The first-order valence-corrected chi connectivity index (χ1v) is 5.63. The topological polar surface area (TPSA) is 86.7 Å². The first kappa shape index (κ1) is 13.5. The van der Waals surface area contributed by atoms with E-state index in [0.29, 0.717) is 13.1 Å². The molecule has 2 N–H and O–H groups in total. The van der Waals surface area contributed by atoms with Crippen molar-refractivity contribution in [2.45, 2.75) is 19.8 Å². The van der Waals surface area contributed by atoms with Crippen molar-refractivity contribution in [3.8, 4) is 0 Å². The van der Waals surface area contributed by atoms with Crippen LogP contribution in [0, 0.1) is 11.8 Å². The minimum absolute atomic E-state index is 0.0243. The summed E-state index contributed by atoms with van der Waals surface area (Å²) in [4.78, 5) is 34.9. The normalized spacial score (nSPS) is 21.4. The van der Waals surface area contributed by atoms with Gasteiger partial charge in [-0.3, -0.25) is 14.4 Å². The van der Waals surface area contributed by atoms with Gasteiger partial charge in [0.15, 0.2) is 0 Å². The van der Waals surface area contributed by atoms with Gasteiger partial charge in [0.25, 0.3) is 0 Å². The Balaban J connectivity index is 2.31. The average Bonchev–Trinajstić information content (AvgIpc) is 2.55. The number of carboxylic acids is 1. The fourth-order valence-corrected chi connectivity index (χ4v) is 1.83. The summed E-state index contributed by atoms with van der Waals surface area (Å²) in [6, 6.07) is 0. The monoisotopic (exact) mass is 242 g/mol. The molecule has 1 heterocycles. The number of carboxylic acid groups (broad SMARTS) is 1. The van der Waals surface area contributed by atoms with Crippen molar-refractivity contribution in [1.29, 1.82) is 0 Å². The molecule has 2 unspecified atom stereocenters. The highest BCUT2D eigenvalue weighted by molar-refractivity contribution is 5.89. The van der Waals surface area contributed by atoms with Gasteiger partial charge in [-0.15, -0.1) is 0 Å². The molecule has 0 bridgehead atoms. The highest BCUT2D eigenvalue weighted by Gasteiger charge is 2.31. The van der Waals surface area contributed by atoms with E-state index >= 15 is 0 Å². The van der Waals surface area contributed by atoms with Gasteiger partial charge in [0, 0.05) is 33.0 Å². The van der Waals surface area contributed by atoms with Crippen molar-refractivity contribution in [2.24, 2.45) is 11.8 Å². The number of rotatable bonds is 5. The molecule has 0 aromatic rings. The van der Waals surface area contributed by atoms with Crippen molar-refractivity contribution >= 4 is 17.8 Å². The predicted molar refractivity (Wildman–Crippen MR) is 60.2 cm³/mol. The maximum absolute atomic E-state index is 11.7. The molecular formula is C11H18N2O4. The summed E-state index contributed by atoms with van der Waals surface area (Å²) in [6.07, 6.45) is 0.277. The van der Waals surface area contributed by atoms with Gasteiger partial charge in [-0.25, -0.2) is 0 Å². The second kappa shape index (κ2) is 5.65. The number of nitrogens with zero attached hydrogens (tertiary/aromatic N) is 1. The summed E-state index contributed by atoms with van der Waals surface area (Å²) in [5.74, 6) is -1.47. The lowest BCUT2D eigenvalue weighted by Gasteiger charge is -2.13. The molecule has 1 aliphatic rings. The summed E-state index contributed by atoms with van der Waals surface area (Å²) in [5, 5.41) is 11.3. The van der Waals surface area contributed by atoms with Crippen LogP contribution in [0.4, 0.5) is 0 Å². The molecule has 1 fully saturated rings. The Morgan fingerprint density at radius 2 is 2.24 bits per heavy atom. The average molecular weight is 242 g/mol. The van der Waals surface area contributed by atoms with Crippen molar-refractivity contribution in [1.82, 2.24) is 10.2 Å². The van der Waals surface area contributed by atoms with Crippen molar-refractivity contribution < 1.29 is 19.5 Å². The predicted octanol–water partition coefficient (Wildman–Crippen LogP) is -0.308. The second-order valence-electron chi connectivity index (χ2n) is 4.62. The van der Waals surface area contributed by atoms with E-state index in [0.717, 1.165) is 0 Å². The molecule has 0 spiro atoms. The molecule has 0 aromatic carbocycles. The lowest BCUT2D eigenvalue weighted by Crippen LogP contribution is -2.35. The number of amides is 2. The van der Waals surface area contributed by atoms with Crippen LogP contribution in [0.1, 0.15) is 19.8 Å². The van der Waals surface area contributed by atoms with Crippen LogP contribution in [0.5, 0.6) is 0 Å². The summed E-state index contributed by atoms with van der Waals surface area (Å²) in [7, 11) is 1.67. The van der Waals surface area contributed by atoms with E-state index in [4.69, 9.17) is 5.11 Å². The Labute approximate surface area is 100.0 Å². The first-order chi connectivity index (χ1) is 7.90. The SMILES string of the molecule is CC(CNC(=O)C1CC(=O)N(C)C1)CC(=O)O. The van der Waals surface area contributed by atoms with E-state index in [1.165, 1.54) is 4.90 Å². The van der Waals surface area contributed by atoms with Gasteiger partial charge < -0.3 is 15.3 Å². The van der Waals surface area contributed by atoms with Crippen LogP contribution in [0.15, 0.2) is 0 Å². The Bertz CT molecular complexity index is 329. The Hall–Kier alpha value is -1.59. The second-order valence-corrected chi connectivity index (χ2v) is 4.62. The zero-order chi connectivity index (χ0) is 13.0. The molecule has 0 aromatic heterocycles.